The zero-order valence-corrected chi connectivity index (χ0v) is 16.5. The van der Waals surface area contributed by atoms with Crippen LogP contribution >= 0.6 is 23.4 Å². The van der Waals surface area contributed by atoms with E-state index in [1.54, 1.807) is 7.11 Å². The standard InChI is InChI=1S/C18H23ClN4O2S/c1-12(17(24)20-15-8-9-15)26-18-22-21-16(23(18)10-3-11-25-2)13-4-6-14(19)7-5-13/h4-7,12,15H,3,8-11H2,1-2H3,(H,20,24)/t12-/m0/s1. The molecule has 3 rings (SSSR count). The topological polar surface area (TPSA) is 69.0 Å². The van der Waals surface area contributed by atoms with Crippen molar-refractivity contribution in [2.75, 3.05) is 13.7 Å². The van der Waals surface area contributed by atoms with Crippen LogP contribution in [0.2, 0.25) is 5.02 Å². The highest BCUT2D eigenvalue weighted by Crippen LogP contribution is 2.28. The fraction of sp³-hybridized carbons (Fsp3) is 0.500. The minimum atomic E-state index is -0.223. The first-order chi connectivity index (χ1) is 12.6. The summed E-state index contributed by atoms with van der Waals surface area (Å²) in [4.78, 5) is 12.3. The summed E-state index contributed by atoms with van der Waals surface area (Å²) in [7, 11) is 1.69. The summed E-state index contributed by atoms with van der Waals surface area (Å²) in [6.07, 6.45) is 3.00. The zero-order valence-electron chi connectivity index (χ0n) is 14.9. The van der Waals surface area contributed by atoms with E-state index >= 15 is 0 Å². The van der Waals surface area contributed by atoms with Crippen LogP contribution in [0.1, 0.15) is 26.2 Å². The molecule has 1 amide bonds. The predicted octanol–water partition coefficient (Wildman–Crippen LogP) is 3.39. The second-order valence-electron chi connectivity index (χ2n) is 6.35. The minimum absolute atomic E-state index is 0.0528. The first-order valence-electron chi connectivity index (χ1n) is 8.73. The molecular weight excluding hydrogens is 372 g/mol. The maximum atomic E-state index is 12.3. The van der Waals surface area contributed by atoms with Crippen molar-refractivity contribution >= 4 is 29.3 Å². The minimum Gasteiger partial charge on any atom is -0.385 e. The number of ether oxygens (including phenoxy) is 1. The molecule has 8 heteroatoms. The smallest absolute Gasteiger partial charge is 0.233 e. The third-order valence-corrected chi connectivity index (χ3v) is 5.46. The van der Waals surface area contributed by atoms with E-state index in [1.807, 2.05) is 35.8 Å². The van der Waals surface area contributed by atoms with Crippen molar-refractivity contribution in [3.63, 3.8) is 0 Å². The van der Waals surface area contributed by atoms with Gasteiger partial charge in [-0.3, -0.25) is 4.79 Å². The molecule has 2 aromatic rings. The van der Waals surface area contributed by atoms with Gasteiger partial charge in [0.15, 0.2) is 11.0 Å². The zero-order chi connectivity index (χ0) is 18.5. The third-order valence-electron chi connectivity index (χ3n) is 4.12. The average molecular weight is 395 g/mol. The number of aromatic nitrogens is 3. The van der Waals surface area contributed by atoms with Gasteiger partial charge in [-0.2, -0.15) is 0 Å². The molecule has 1 aromatic carbocycles. The van der Waals surface area contributed by atoms with Crippen LogP contribution in [-0.4, -0.2) is 45.7 Å². The molecule has 1 heterocycles. The number of nitrogens with zero attached hydrogens (tertiary/aromatic N) is 3. The van der Waals surface area contributed by atoms with Crippen LogP contribution in [-0.2, 0) is 16.1 Å². The Kier molecular flexibility index (Phi) is 6.56. The second kappa shape index (κ2) is 8.88. The number of methoxy groups -OCH3 is 1. The van der Waals surface area contributed by atoms with Gasteiger partial charge in [0.25, 0.3) is 0 Å². The number of halogens is 1. The molecule has 0 unspecified atom stereocenters. The Balaban J connectivity index is 1.79. The summed E-state index contributed by atoms with van der Waals surface area (Å²) in [6.45, 7) is 3.27. The number of nitrogens with one attached hydrogen (secondary N) is 1. The molecule has 0 aliphatic heterocycles. The van der Waals surface area contributed by atoms with Gasteiger partial charge in [0.05, 0.1) is 5.25 Å². The lowest BCUT2D eigenvalue weighted by Gasteiger charge is -2.13. The predicted molar refractivity (Wildman–Crippen MR) is 103 cm³/mol. The Labute approximate surface area is 162 Å². The van der Waals surface area contributed by atoms with E-state index in [1.165, 1.54) is 11.8 Å². The van der Waals surface area contributed by atoms with E-state index in [0.717, 1.165) is 42.4 Å². The number of amides is 1. The van der Waals surface area contributed by atoms with E-state index in [2.05, 4.69) is 15.5 Å². The van der Waals surface area contributed by atoms with E-state index in [9.17, 15) is 4.79 Å². The van der Waals surface area contributed by atoms with E-state index < -0.39 is 0 Å². The van der Waals surface area contributed by atoms with Gasteiger partial charge < -0.3 is 14.6 Å². The molecule has 26 heavy (non-hydrogen) atoms. The Morgan fingerprint density at radius 1 is 1.38 bits per heavy atom. The molecule has 1 aliphatic carbocycles. The van der Waals surface area contributed by atoms with E-state index in [0.29, 0.717) is 17.7 Å². The molecule has 1 saturated carbocycles. The number of hydrogen-bond acceptors (Lipinski definition) is 5. The maximum Gasteiger partial charge on any atom is 0.233 e. The van der Waals surface area contributed by atoms with Gasteiger partial charge in [0.1, 0.15) is 0 Å². The summed E-state index contributed by atoms with van der Waals surface area (Å²) in [5, 5.41) is 12.9. The fourth-order valence-electron chi connectivity index (χ4n) is 2.51. The monoisotopic (exact) mass is 394 g/mol. The Hall–Kier alpha value is -1.57. The summed E-state index contributed by atoms with van der Waals surface area (Å²) < 4.78 is 7.22. The van der Waals surface area contributed by atoms with E-state index in [4.69, 9.17) is 16.3 Å². The van der Waals surface area contributed by atoms with Crippen molar-refractivity contribution in [3.8, 4) is 11.4 Å². The Morgan fingerprint density at radius 2 is 2.12 bits per heavy atom. The fourth-order valence-corrected chi connectivity index (χ4v) is 3.53. The van der Waals surface area contributed by atoms with Crippen molar-refractivity contribution in [3.05, 3.63) is 29.3 Å². The normalized spacial score (nSPS) is 15.0. The number of thioether (sulfide) groups is 1. The van der Waals surface area contributed by atoms with Gasteiger partial charge in [-0.05, 0) is 50.5 Å². The van der Waals surface area contributed by atoms with Crippen molar-refractivity contribution in [2.24, 2.45) is 0 Å². The largest absolute Gasteiger partial charge is 0.385 e. The van der Waals surface area contributed by atoms with Crippen molar-refractivity contribution in [1.82, 2.24) is 20.1 Å². The lowest BCUT2D eigenvalue weighted by atomic mass is 10.2. The molecule has 1 aliphatic rings. The van der Waals surface area contributed by atoms with Crippen LogP contribution in [0.4, 0.5) is 0 Å². The highest BCUT2D eigenvalue weighted by atomic mass is 35.5. The molecule has 1 atom stereocenters. The second-order valence-corrected chi connectivity index (χ2v) is 8.10. The number of benzene rings is 1. The molecular formula is C18H23ClN4O2S. The van der Waals surface area contributed by atoms with E-state index in [-0.39, 0.29) is 11.2 Å². The number of hydrogen-bond donors (Lipinski definition) is 1. The molecule has 0 spiro atoms. The molecule has 0 bridgehead atoms. The Morgan fingerprint density at radius 3 is 2.77 bits per heavy atom. The Bertz CT molecular complexity index is 746. The molecule has 1 aromatic heterocycles. The van der Waals surface area contributed by atoms with Gasteiger partial charge >= 0.3 is 0 Å². The first kappa shape index (κ1) is 19.2. The summed E-state index contributed by atoms with van der Waals surface area (Å²) >= 11 is 7.42. The summed E-state index contributed by atoms with van der Waals surface area (Å²) in [6, 6.07) is 7.88. The third kappa shape index (κ3) is 4.99. The van der Waals surface area contributed by atoms with Crippen LogP contribution in [0.25, 0.3) is 11.4 Å². The number of rotatable bonds is 9. The van der Waals surface area contributed by atoms with Gasteiger partial charge in [-0.1, -0.05) is 23.4 Å². The molecule has 0 radical (unpaired) electrons. The highest BCUT2D eigenvalue weighted by Gasteiger charge is 2.27. The summed E-state index contributed by atoms with van der Waals surface area (Å²) in [5.74, 6) is 0.826. The maximum absolute atomic E-state index is 12.3. The quantitative estimate of drug-likeness (QED) is 0.521. The van der Waals surface area contributed by atoms with Crippen LogP contribution < -0.4 is 5.32 Å². The van der Waals surface area contributed by atoms with Crippen molar-refractivity contribution in [1.29, 1.82) is 0 Å². The van der Waals surface area contributed by atoms with Crippen molar-refractivity contribution < 1.29 is 9.53 Å². The van der Waals surface area contributed by atoms with Gasteiger partial charge in [-0.25, -0.2) is 0 Å². The molecule has 140 valence electrons. The van der Waals surface area contributed by atoms with Gasteiger partial charge in [0, 0.05) is 36.9 Å². The van der Waals surface area contributed by atoms with Crippen LogP contribution in [0.5, 0.6) is 0 Å². The lowest BCUT2D eigenvalue weighted by molar-refractivity contribution is -0.120. The highest BCUT2D eigenvalue weighted by molar-refractivity contribution is 8.00. The molecule has 1 fully saturated rings. The summed E-state index contributed by atoms with van der Waals surface area (Å²) in [5.41, 5.74) is 0.946. The van der Waals surface area contributed by atoms with Gasteiger partial charge in [0.2, 0.25) is 5.91 Å². The molecule has 1 N–H and O–H groups in total. The van der Waals surface area contributed by atoms with Crippen LogP contribution in [0.15, 0.2) is 29.4 Å². The van der Waals surface area contributed by atoms with Gasteiger partial charge in [-0.15, -0.1) is 10.2 Å². The number of carbonyl (C=O) groups is 1. The van der Waals surface area contributed by atoms with Crippen LogP contribution in [0.3, 0.4) is 0 Å². The lowest BCUT2D eigenvalue weighted by Crippen LogP contribution is -2.32. The van der Waals surface area contributed by atoms with Crippen LogP contribution in [0, 0.1) is 0 Å². The molecule has 6 nitrogen and oxygen atoms in total. The first-order valence-corrected chi connectivity index (χ1v) is 9.99. The van der Waals surface area contributed by atoms with Crippen molar-refractivity contribution in [2.45, 2.75) is 49.2 Å². The number of carbonyl (C=O) groups excluding carboxylic acids is 1. The molecule has 0 saturated heterocycles. The SMILES string of the molecule is COCCCn1c(S[C@@H](C)C(=O)NC2CC2)nnc1-c1ccc(Cl)cc1. The average Bonchev–Trinajstić information content (AvgIpc) is 3.36.